The van der Waals surface area contributed by atoms with E-state index in [2.05, 4.69) is 49.7 Å². The molecule has 8 aromatic carbocycles. The summed E-state index contributed by atoms with van der Waals surface area (Å²) in [5, 5.41) is 41.3. The maximum atomic E-state index is 14.2. The number of nitrogens with two attached hydrogens (primary N) is 3. The van der Waals surface area contributed by atoms with Crippen LogP contribution >= 0.6 is 22.6 Å². The van der Waals surface area contributed by atoms with E-state index in [9.17, 15) is 29.0 Å². The molecule has 0 fully saturated rings. The number of pyridine rings is 6. The number of aromatic nitrogens is 12. The largest absolute Gasteiger partial charge is 0.508 e. The summed E-state index contributed by atoms with van der Waals surface area (Å²) in [5.41, 5.74) is 33.6. The lowest BCUT2D eigenvalue weighted by Gasteiger charge is -2.18. The van der Waals surface area contributed by atoms with Crippen LogP contribution in [0.4, 0.5) is 21.8 Å². The molecule has 17 rings (SSSR count). The highest BCUT2D eigenvalue weighted by Crippen LogP contribution is 2.37. The van der Waals surface area contributed by atoms with Crippen molar-refractivity contribution < 1.29 is 14.6 Å². The lowest BCUT2D eigenvalue weighted by molar-refractivity contribution is 0.469. The van der Waals surface area contributed by atoms with E-state index in [0.717, 1.165) is 121 Å². The molecule has 9 aromatic heterocycles. The highest BCUT2D eigenvalue weighted by molar-refractivity contribution is 14.1. The number of aromatic hydroxyl groups is 2. The number of benzene rings is 8. The van der Waals surface area contributed by atoms with Gasteiger partial charge in [0.25, 0.3) is 16.7 Å². The average molecular weight is 1510 g/mol. The second-order valence-corrected chi connectivity index (χ2v) is 27.3. The van der Waals surface area contributed by atoms with Crippen LogP contribution in [0.1, 0.15) is 50.5 Å². The summed E-state index contributed by atoms with van der Waals surface area (Å²) in [6.07, 6.45) is 4.92. The van der Waals surface area contributed by atoms with Crippen LogP contribution in [0.2, 0.25) is 0 Å². The Bertz CT molecular complexity index is 6590. The van der Waals surface area contributed by atoms with Crippen LogP contribution in [0.15, 0.2) is 239 Å². The zero-order chi connectivity index (χ0) is 73.9. The van der Waals surface area contributed by atoms with Gasteiger partial charge in [0.2, 0.25) is 0 Å². The van der Waals surface area contributed by atoms with Gasteiger partial charge in [0.1, 0.15) is 49.9 Å². The smallest absolute Gasteiger partial charge is 0.263 e. The van der Waals surface area contributed by atoms with Gasteiger partial charge in [-0.2, -0.15) is 15.3 Å². The Morgan fingerprint density at radius 3 is 1.11 bits per heavy atom. The van der Waals surface area contributed by atoms with Crippen molar-refractivity contribution in [1.29, 1.82) is 0 Å². The van der Waals surface area contributed by atoms with Gasteiger partial charge in [0.05, 0.1) is 85.6 Å². The first kappa shape index (κ1) is 68.7. The average Bonchev–Trinajstić information content (AvgIpc) is 1.37. The highest BCUT2D eigenvalue weighted by atomic mass is 127. The summed E-state index contributed by atoms with van der Waals surface area (Å²) in [5.74, 6) is 0.372. The maximum absolute atomic E-state index is 14.2. The van der Waals surface area contributed by atoms with Gasteiger partial charge in [0.15, 0.2) is 0 Å². The second kappa shape index (κ2) is 27.9. The molecule has 0 saturated carbocycles. The first-order valence-electron chi connectivity index (χ1n) is 34.1. The number of rotatable bonds is 11. The fourth-order valence-electron chi connectivity index (χ4n) is 14.3. The SMILES string of the molecule is Cc1ccccc1-n1c(Cn2nc(-c3cc(O)cc(F)c3)c3c(N)nccc32)cc2cccc(C)c2c1=O.Cc1ccccc1-n1c(Cn2nc(-c3cccc(O)c3)c3c(N)nccc32)cc2cccc(C)c2c1=O.Cc1ccccc1-n1c(Cn2nc(I)c3c(N)nccc32)cc2cccc(C)c2c1=O. The molecule has 0 aliphatic carbocycles. The van der Waals surface area contributed by atoms with Crippen molar-refractivity contribution in [3.05, 3.63) is 316 Å². The molecule has 22 heteroatoms. The van der Waals surface area contributed by atoms with Crippen molar-refractivity contribution in [2.45, 2.75) is 61.2 Å². The minimum absolute atomic E-state index is 0.0211. The Kier molecular flexibility index (Phi) is 18.1. The number of phenolic OH excluding ortho intramolecular Hbond substituents is 2. The molecule has 0 amide bonds. The molecule has 0 unspecified atom stereocenters. The number of fused-ring (bicyclic) bond motifs is 6. The number of phenols is 2. The second-order valence-electron chi connectivity index (χ2n) is 26.3. The van der Waals surface area contributed by atoms with E-state index < -0.39 is 5.82 Å². The fraction of sp³-hybridized carbons (Fsp3) is 0.107. The number of nitrogen functional groups attached to an aromatic ring is 3. The molecule has 0 atom stereocenters. The minimum atomic E-state index is -0.594. The zero-order valence-corrected chi connectivity index (χ0v) is 60.6. The molecule has 0 radical (unpaired) electrons. The lowest BCUT2D eigenvalue weighted by Crippen LogP contribution is -2.25. The molecule has 0 aliphatic heterocycles. The summed E-state index contributed by atoms with van der Waals surface area (Å²) >= 11 is 2.18. The van der Waals surface area contributed by atoms with Crippen molar-refractivity contribution >= 4 is 105 Å². The molecule has 0 saturated heterocycles. The van der Waals surface area contributed by atoms with Gasteiger partial charge in [-0.25, -0.2) is 19.3 Å². The standard InChI is InChI=1S/C30H24FN5O2.C30H25N5O2.C24H20IN5O/c1-17-6-3-4-9-24(17)36-22(13-19-8-5-7-18(2)26(19)30(36)38)16-35-25-10-11-33-29(32)27(25)28(34-35)20-12-21(31)15-23(37)14-20;1-18-7-3-4-12-24(18)35-22(15-20-9-5-8-19(2)26(20)30(35)37)17-34-25-13-14-32-29(31)27(25)28(33-34)21-10-6-11-23(36)16-21;1-14-6-3-4-9-18(14)30-17(12-16-8-5-7-15(2)20(16)24(30)31)13-29-19-10-11-27-23(26)21(19)22(25)28-29/h3-15,37H,16H2,1-2H3,(H2,32,33);3-16,36H,17H2,1-2H3,(H2,31,32);3-12H,13H2,1-2H3,(H2,26,27). The summed E-state index contributed by atoms with van der Waals surface area (Å²) in [4.78, 5) is 54.4. The predicted octanol–water partition coefficient (Wildman–Crippen LogP) is 15.4. The Labute approximate surface area is 619 Å². The van der Waals surface area contributed by atoms with Gasteiger partial charge < -0.3 is 27.4 Å². The van der Waals surface area contributed by atoms with Crippen LogP contribution in [0.5, 0.6) is 11.5 Å². The quantitative estimate of drug-likeness (QED) is 0.0754. The van der Waals surface area contributed by atoms with E-state index in [1.54, 1.807) is 56.7 Å². The molecule has 524 valence electrons. The van der Waals surface area contributed by atoms with Crippen LogP contribution < -0.4 is 33.9 Å². The van der Waals surface area contributed by atoms with E-state index in [1.807, 2.05) is 207 Å². The Morgan fingerprint density at radius 2 is 0.717 bits per heavy atom. The molecule has 9 heterocycles. The number of aryl methyl sites for hydroxylation is 6. The van der Waals surface area contributed by atoms with Crippen molar-refractivity contribution in [2.75, 3.05) is 17.2 Å². The molecule has 0 aliphatic rings. The molecular formula is C84H69FIN15O5. The van der Waals surface area contributed by atoms with Crippen molar-refractivity contribution in [3.8, 4) is 51.1 Å². The van der Waals surface area contributed by atoms with Crippen LogP contribution in [0, 0.1) is 51.1 Å². The monoisotopic (exact) mass is 1510 g/mol. The van der Waals surface area contributed by atoms with Crippen LogP contribution in [-0.4, -0.2) is 68.2 Å². The molecule has 17 aromatic rings. The van der Waals surface area contributed by atoms with Crippen LogP contribution in [0.25, 0.3) is 105 Å². The minimum Gasteiger partial charge on any atom is -0.508 e. The van der Waals surface area contributed by atoms with Crippen molar-refractivity contribution in [1.82, 2.24) is 58.0 Å². The fourth-order valence-corrected chi connectivity index (χ4v) is 15.2. The Morgan fingerprint density at radius 1 is 0.368 bits per heavy atom. The number of nitrogens with zero attached hydrogens (tertiary/aromatic N) is 12. The molecule has 0 spiro atoms. The maximum Gasteiger partial charge on any atom is 0.263 e. The number of hydrogen-bond acceptors (Lipinski definition) is 14. The van der Waals surface area contributed by atoms with E-state index in [-0.39, 0.29) is 40.5 Å². The first-order valence-corrected chi connectivity index (χ1v) is 35.2. The summed E-state index contributed by atoms with van der Waals surface area (Å²) < 4.78 is 25.8. The molecule has 8 N–H and O–H groups in total. The molecule has 0 bridgehead atoms. The third kappa shape index (κ3) is 12.6. The van der Waals surface area contributed by atoms with E-state index >= 15 is 0 Å². The van der Waals surface area contributed by atoms with Gasteiger partial charge in [-0.15, -0.1) is 0 Å². The third-order valence-electron chi connectivity index (χ3n) is 19.3. The third-order valence-corrected chi connectivity index (χ3v) is 20.1. The van der Waals surface area contributed by atoms with Gasteiger partial charge in [0, 0.05) is 52.9 Å². The molecular weight excluding hydrogens is 1440 g/mol. The predicted molar refractivity (Wildman–Crippen MR) is 427 cm³/mol. The van der Waals surface area contributed by atoms with Gasteiger partial charge in [-0.1, -0.05) is 121 Å². The van der Waals surface area contributed by atoms with E-state index in [1.165, 1.54) is 12.1 Å². The zero-order valence-electron chi connectivity index (χ0n) is 58.5. The van der Waals surface area contributed by atoms with E-state index in [4.69, 9.17) is 32.5 Å². The number of halogens is 2. The first-order chi connectivity index (χ1) is 51.2. The molecule has 20 nitrogen and oxygen atoms in total. The summed E-state index contributed by atoms with van der Waals surface area (Å²) in [6, 6.07) is 63.6. The number of hydrogen-bond donors (Lipinski definition) is 5. The molecule has 106 heavy (non-hydrogen) atoms. The van der Waals surface area contributed by atoms with Crippen molar-refractivity contribution in [3.63, 3.8) is 0 Å². The van der Waals surface area contributed by atoms with Gasteiger partial charge >= 0.3 is 0 Å². The normalized spacial score (nSPS) is 11.4. The topological polar surface area (TPSA) is 277 Å². The van der Waals surface area contributed by atoms with Crippen molar-refractivity contribution in [2.24, 2.45) is 0 Å². The lowest BCUT2D eigenvalue weighted by atomic mass is 10.1. The van der Waals surface area contributed by atoms with Gasteiger partial charge in [-0.05, 0) is 193 Å². The van der Waals surface area contributed by atoms with Crippen LogP contribution in [0.3, 0.4) is 0 Å². The Balaban J connectivity index is 0.000000128. The number of para-hydroxylation sites is 3. The Hall–Kier alpha value is -13.1. The van der Waals surface area contributed by atoms with Crippen LogP contribution in [-0.2, 0) is 19.6 Å². The van der Waals surface area contributed by atoms with Gasteiger partial charge in [-0.3, -0.25) is 42.1 Å². The highest BCUT2D eigenvalue weighted by Gasteiger charge is 2.24. The van der Waals surface area contributed by atoms with E-state index in [0.29, 0.717) is 68.7 Å². The number of anilines is 3. The summed E-state index contributed by atoms with van der Waals surface area (Å²) in [7, 11) is 0. The summed E-state index contributed by atoms with van der Waals surface area (Å²) in [6.45, 7) is 12.8.